The minimum Gasteiger partial charge on any atom is -0.321 e. The molecule has 4 rings (SSSR count). The first-order valence-corrected chi connectivity index (χ1v) is 11.8. The van der Waals surface area contributed by atoms with E-state index in [1.165, 1.54) is 11.3 Å². The maximum Gasteiger partial charge on any atom is 0.276 e. The molecule has 0 spiro atoms. The Morgan fingerprint density at radius 2 is 2.04 bits per heavy atom. The predicted octanol–water partition coefficient (Wildman–Crippen LogP) is 3.99. The fraction of sp³-hybridized carbons (Fsp3) is 0.222. The molecule has 1 amide bonds. The van der Waals surface area contributed by atoms with Crippen LogP contribution in [-0.4, -0.2) is 35.6 Å². The minimum atomic E-state index is -3.06. The molecule has 0 unspecified atom stereocenters. The molecule has 1 aliphatic heterocycles. The van der Waals surface area contributed by atoms with E-state index in [0.717, 1.165) is 15.0 Å². The van der Waals surface area contributed by atoms with Crippen LogP contribution in [-0.2, 0) is 9.84 Å². The quantitative estimate of drug-likeness (QED) is 0.631. The lowest BCUT2D eigenvalue weighted by Crippen LogP contribution is -2.16. The zero-order valence-electron chi connectivity index (χ0n) is 14.1. The van der Waals surface area contributed by atoms with E-state index in [2.05, 4.69) is 26.3 Å². The first-order valence-electron chi connectivity index (χ1n) is 8.32. The zero-order chi connectivity index (χ0) is 19.0. The summed E-state index contributed by atoms with van der Waals surface area (Å²) >= 11 is 4.89. The molecule has 6 nitrogen and oxygen atoms in total. The Kier molecular flexibility index (Phi) is 4.92. The van der Waals surface area contributed by atoms with Crippen molar-refractivity contribution in [2.75, 3.05) is 16.8 Å². The van der Waals surface area contributed by atoms with Gasteiger partial charge in [-0.1, -0.05) is 22.0 Å². The molecule has 1 fully saturated rings. The molecule has 1 atom stereocenters. The molecule has 0 saturated carbocycles. The number of hydrogen-bond acceptors (Lipinski definition) is 5. The SMILES string of the molecule is O=C(Nc1ccc(Br)cc1)c1cc(-c2cccs2)n([C@H]2CCS(=O)(=O)C2)n1. The van der Waals surface area contributed by atoms with Gasteiger partial charge in [-0.15, -0.1) is 11.3 Å². The highest BCUT2D eigenvalue weighted by Crippen LogP contribution is 2.32. The van der Waals surface area contributed by atoms with Gasteiger partial charge in [-0.05, 0) is 48.2 Å². The van der Waals surface area contributed by atoms with Crippen molar-refractivity contribution < 1.29 is 13.2 Å². The van der Waals surface area contributed by atoms with E-state index in [-0.39, 0.29) is 29.1 Å². The van der Waals surface area contributed by atoms with Gasteiger partial charge < -0.3 is 5.32 Å². The average Bonchev–Trinajstić information content (AvgIpc) is 3.35. The second-order valence-corrected chi connectivity index (χ2v) is 10.4. The van der Waals surface area contributed by atoms with Crippen LogP contribution in [0.3, 0.4) is 0 Å². The van der Waals surface area contributed by atoms with Crippen molar-refractivity contribution in [1.82, 2.24) is 9.78 Å². The van der Waals surface area contributed by atoms with Crippen LogP contribution in [0.2, 0.25) is 0 Å². The Labute approximate surface area is 169 Å². The third-order valence-electron chi connectivity index (χ3n) is 4.40. The second-order valence-electron chi connectivity index (χ2n) is 6.35. The van der Waals surface area contributed by atoms with Crippen LogP contribution >= 0.6 is 27.3 Å². The molecule has 0 aliphatic carbocycles. The third kappa shape index (κ3) is 3.99. The van der Waals surface area contributed by atoms with E-state index in [1.54, 1.807) is 22.9 Å². The van der Waals surface area contributed by atoms with Gasteiger partial charge in [0, 0.05) is 10.2 Å². The van der Waals surface area contributed by atoms with Crippen molar-refractivity contribution in [3.63, 3.8) is 0 Å². The summed E-state index contributed by atoms with van der Waals surface area (Å²) in [5.74, 6) is -0.113. The number of aromatic nitrogens is 2. The summed E-state index contributed by atoms with van der Waals surface area (Å²) < 4.78 is 26.4. The smallest absolute Gasteiger partial charge is 0.276 e. The Balaban J connectivity index is 1.66. The predicted molar refractivity (Wildman–Crippen MR) is 110 cm³/mol. The van der Waals surface area contributed by atoms with Crippen LogP contribution < -0.4 is 5.32 Å². The van der Waals surface area contributed by atoms with Gasteiger partial charge in [0.2, 0.25) is 0 Å². The third-order valence-corrected chi connectivity index (χ3v) is 7.57. The van der Waals surface area contributed by atoms with Crippen molar-refractivity contribution in [2.45, 2.75) is 12.5 Å². The van der Waals surface area contributed by atoms with Gasteiger partial charge in [0.25, 0.3) is 5.91 Å². The molecule has 0 radical (unpaired) electrons. The number of amides is 1. The topological polar surface area (TPSA) is 81.1 Å². The summed E-state index contributed by atoms with van der Waals surface area (Å²) in [5.41, 5.74) is 1.71. The van der Waals surface area contributed by atoms with Gasteiger partial charge in [-0.25, -0.2) is 8.42 Å². The Bertz CT molecular complexity index is 1070. The highest BCUT2D eigenvalue weighted by Gasteiger charge is 2.32. The molecule has 2 aromatic heterocycles. The molecule has 0 bridgehead atoms. The van der Waals surface area contributed by atoms with Crippen molar-refractivity contribution >= 4 is 48.7 Å². The number of rotatable bonds is 4. The summed E-state index contributed by atoms with van der Waals surface area (Å²) in [5, 5.41) is 9.24. The van der Waals surface area contributed by atoms with Crippen LogP contribution in [0.4, 0.5) is 5.69 Å². The number of carbonyl (C=O) groups is 1. The fourth-order valence-electron chi connectivity index (χ4n) is 3.09. The summed E-state index contributed by atoms with van der Waals surface area (Å²) in [7, 11) is -3.06. The summed E-state index contributed by atoms with van der Waals surface area (Å²) in [6.07, 6.45) is 0.510. The van der Waals surface area contributed by atoms with Crippen LogP contribution in [0, 0.1) is 0 Å². The number of nitrogens with one attached hydrogen (secondary N) is 1. The van der Waals surface area contributed by atoms with Crippen LogP contribution in [0.25, 0.3) is 10.6 Å². The zero-order valence-corrected chi connectivity index (χ0v) is 17.4. The number of sulfone groups is 1. The van der Waals surface area contributed by atoms with Crippen molar-refractivity contribution in [3.8, 4) is 10.6 Å². The molecule has 140 valence electrons. The van der Waals surface area contributed by atoms with Crippen molar-refractivity contribution in [3.05, 3.63) is 58.0 Å². The Hall–Kier alpha value is -1.97. The van der Waals surface area contributed by atoms with Gasteiger partial charge in [0.1, 0.15) is 0 Å². The number of nitrogens with zero attached hydrogens (tertiary/aromatic N) is 2. The molecule has 1 saturated heterocycles. The number of halogens is 1. The summed E-state index contributed by atoms with van der Waals surface area (Å²) in [6.45, 7) is 0. The van der Waals surface area contributed by atoms with Gasteiger partial charge in [0.15, 0.2) is 15.5 Å². The van der Waals surface area contributed by atoms with E-state index < -0.39 is 9.84 Å². The van der Waals surface area contributed by atoms with Crippen LogP contribution in [0.5, 0.6) is 0 Å². The highest BCUT2D eigenvalue weighted by atomic mass is 79.9. The fourth-order valence-corrected chi connectivity index (χ4v) is 5.78. The first-order chi connectivity index (χ1) is 12.9. The molecule has 9 heteroatoms. The first kappa shape index (κ1) is 18.4. The molecule has 3 heterocycles. The lowest BCUT2D eigenvalue weighted by molar-refractivity contribution is 0.102. The van der Waals surface area contributed by atoms with Gasteiger partial charge in [-0.2, -0.15) is 5.10 Å². The van der Waals surface area contributed by atoms with Crippen LogP contribution in [0.15, 0.2) is 52.3 Å². The second kappa shape index (κ2) is 7.21. The lowest BCUT2D eigenvalue weighted by atomic mass is 10.2. The van der Waals surface area contributed by atoms with E-state index in [1.807, 2.05) is 29.6 Å². The van der Waals surface area contributed by atoms with Gasteiger partial charge in [-0.3, -0.25) is 9.48 Å². The highest BCUT2D eigenvalue weighted by molar-refractivity contribution is 9.10. The number of thiophene rings is 1. The van der Waals surface area contributed by atoms with E-state index in [0.29, 0.717) is 12.1 Å². The van der Waals surface area contributed by atoms with Gasteiger partial charge in [0.05, 0.1) is 28.1 Å². The molecular formula is C18H16BrN3O3S2. The average molecular weight is 466 g/mol. The van der Waals surface area contributed by atoms with E-state index >= 15 is 0 Å². The van der Waals surface area contributed by atoms with E-state index in [9.17, 15) is 13.2 Å². The Morgan fingerprint density at radius 1 is 1.26 bits per heavy atom. The molecule has 27 heavy (non-hydrogen) atoms. The molecule has 1 N–H and O–H groups in total. The number of carbonyl (C=O) groups excluding carboxylic acids is 1. The summed E-state index contributed by atoms with van der Waals surface area (Å²) in [4.78, 5) is 13.6. The van der Waals surface area contributed by atoms with Gasteiger partial charge >= 0.3 is 0 Å². The number of anilines is 1. The minimum absolute atomic E-state index is 0.0564. The largest absolute Gasteiger partial charge is 0.321 e. The number of benzene rings is 1. The molecular weight excluding hydrogens is 450 g/mol. The van der Waals surface area contributed by atoms with E-state index in [4.69, 9.17) is 0 Å². The lowest BCUT2D eigenvalue weighted by Gasteiger charge is -2.12. The number of hydrogen-bond donors (Lipinski definition) is 1. The van der Waals surface area contributed by atoms with Crippen LogP contribution in [0.1, 0.15) is 23.0 Å². The molecule has 1 aromatic carbocycles. The van der Waals surface area contributed by atoms with Crippen molar-refractivity contribution in [1.29, 1.82) is 0 Å². The molecule has 3 aromatic rings. The molecule has 1 aliphatic rings. The maximum absolute atomic E-state index is 12.7. The normalized spacial score (nSPS) is 18.5. The van der Waals surface area contributed by atoms with Crippen molar-refractivity contribution in [2.24, 2.45) is 0 Å². The monoisotopic (exact) mass is 465 g/mol. The Morgan fingerprint density at radius 3 is 2.67 bits per heavy atom. The standard InChI is InChI=1S/C18H16BrN3O3S2/c19-12-3-5-13(6-4-12)20-18(23)15-10-16(17-2-1-8-26-17)22(21-15)14-7-9-27(24,25)11-14/h1-6,8,10,14H,7,9,11H2,(H,20,23)/t14-/m0/s1. The maximum atomic E-state index is 12.7. The summed E-state index contributed by atoms with van der Waals surface area (Å²) in [6, 6.07) is 12.6.